The van der Waals surface area contributed by atoms with E-state index in [0.29, 0.717) is 5.69 Å². The van der Waals surface area contributed by atoms with Crippen molar-refractivity contribution in [1.29, 1.82) is 0 Å². The first kappa shape index (κ1) is 21.5. The van der Waals surface area contributed by atoms with E-state index >= 15 is 0 Å². The van der Waals surface area contributed by atoms with Crippen molar-refractivity contribution in [3.05, 3.63) is 95.0 Å². The molecule has 5 nitrogen and oxygen atoms in total. The molecule has 0 bridgehead atoms. The van der Waals surface area contributed by atoms with Gasteiger partial charge in [-0.25, -0.2) is 9.96 Å². The van der Waals surface area contributed by atoms with Gasteiger partial charge in [0.15, 0.2) is 6.10 Å². The lowest BCUT2D eigenvalue weighted by Gasteiger charge is -2.29. The summed E-state index contributed by atoms with van der Waals surface area (Å²) in [6.07, 6.45) is -5.76. The molecule has 0 spiro atoms. The summed E-state index contributed by atoms with van der Waals surface area (Å²) in [5, 5.41) is 1.56. The SMILES string of the molecule is O=C1[C@H]2[C@@H](ON(c3ccccc3)[C@H]2c2cccc(C(F)(F)F)c2)C(=O)N1c1ccccc1Cl. The van der Waals surface area contributed by atoms with Crippen molar-refractivity contribution in [2.45, 2.75) is 18.3 Å². The molecule has 2 aliphatic heterocycles. The van der Waals surface area contributed by atoms with E-state index in [-0.39, 0.29) is 16.3 Å². The lowest BCUT2D eigenvalue weighted by molar-refractivity contribution is -0.137. The fraction of sp³-hybridized carbons (Fsp3) is 0.167. The van der Waals surface area contributed by atoms with Gasteiger partial charge < -0.3 is 0 Å². The number of benzene rings is 3. The van der Waals surface area contributed by atoms with Gasteiger partial charge in [0, 0.05) is 0 Å². The summed E-state index contributed by atoms with van der Waals surface area (Å²) in [7, 11) is 0. The number of hydrogen-bond acceptors (Lipinski definition) is 4. The molecule has 0 radical (unpaired) electrons. The fourth-order valence-electron chi connectivity index (χ4n) is 4.32. The molecule has 3 aromatic rings. The maximum atomic E-state index is 13.5. The molecule has 2 fully saturated rings. The predicted molar refractivity (Wildman–Crippen MR) is 115 cm³/mol. The topological polar surface area (TPSA) is 49.9 Å². The van der Waals surface area contributed by atoms with Crippen LogP contribution in [-0.2, 0) is 20.6 Å². The molecular formula is C24H16ClF3N2O3. The Morgan fingerprint density at radius 1 is 0.848 bits per heavy atom. The molecule has 3 atom stereocenters. The van der Waals surface area contributed by atoms with Crippen molar-refractivity contribution in [1.82, 2.24) is 0 Å². The highest BCUT2D eigenvalue weighted by Gasteiger charge is 2.60. The lowest BCUT2D eigenvalue weighted by Crippen LogP contribution is -2.37. The molecule has 2 heterocycles. The number of hydroxylamine groups is 1. The average molecular weight is 473 g/mol. The molecule has 0 unspecified atom stereocenters. The van der Waals surface area contributed by atoms with Gasteiger partial charge in [0.05, 0.1) is 28.0 Å². The van der Waals surface area contributed by atoms with Crippen molar-refractivity contribution in [2.75, 3.05) is 9.96 Å². The van der Waals surface area contributed by atoms with Crippen LogP contribution in [0.2, 0.25) is 5.02 Å². The molecule has 9 heteroatoms. The van der Waals surface area contributed by atoms with E-state index in [1.807, 2.05) is 0 Å². The van der Waals surface area contributed by atoms with E-state index in [1.165, 1.54) is 23.3 Å². The summed E-state index contributed by atoms with van der Waals surface area (Å²) in [4.78, 5) is 33.6. The molecule has 2 saturated heterocycles. The number of imide groups is 1. The van der Waals surface area contributed by atoms with Crippen molar-refractivity contribution in [2.24, 2.45) is 5.92 Å². The fourth-order valence-corrected chi connectivity index (χ4v) is 4.54. The zero-order valence-electron chi connectivity index (χ0n) is 16.9. The number of alkyl halides is 3. The lowest BCUT2D eigenvalue weighted by atomic mass is 9.89. The number of para-hydroxylation sites is 2. The Kier molecular flexibility index (Phi) is 5.14. The Labute approximate surface area is 191 Å². The van der Waals surface area contributed by atoms with Crippen LogP contribution >= 0.6 is 11.6 Å². The van der Waals surface area contributed by atoms with E-state index in [2.05, 4.69) is 0 Å². The summed E-state index contributed by atoms with van der Waals surface area (Å²) < 4.78 is 40.3. The van der Waals surface area contributed by atoms with Crippen molar-refractivity contribution in [3.63, 3.8) is 0 Å². The van der Waals surface area contributed by atoms with Gasteiger partial charge in [-0.15, -0.1) is 0 Å². The zero-order chi connectivity index (χ0) is 23.3. The Balaban J connectivity index is 1.62. The number of anilines is 2. The first-order valence-electron chi connectivity index (χ1n) is 10.1. The van der Waals surface area contributed by atoms with Crippen molar-refractivity contribution in [3.8, 4) is 0 Å². The van der Waals surface area contributed by atoms with E-state index < -0.39 is 41.6 Å². The van der Waals surface area contributed by atoms with Gasteiger partial charge >= 0.3 is 6.18 Å². The Hall–Kier alpha value is -3.36. The van der Waals surface area contributed by atoms with Crippen LogP contribution in [0.1, 0.15) is 17.2 Å². The number of fused-ring (bicyclic) bond motifs is 1. The first-order valence-corrected chi connectivity index (χ1v) is 10.5. The van der Waals surface area contributed by atoms with Crippen molar-refractivity contribution < 1.29 is 27.6 Å². The minimum Gasteiger partial charge on any atom is -0.273 e. The zero-order valence-corrected chi connectivity index (χ0v) is 17.6. The number of rotatable bonds is 3. The normalized spacial score (nSPS) is 22.7. The maximum absolute atomic E-state index is 13.5. The number of amides is 2. The second kappa shape index (κ2) is 7.90. The Morgan fingerprint density at radius 3 is 2.24 bits per heavy atom. The highest BCUT2D eigenvalue weighted by Crippen LogP contribution is 2.48. The standard InChI is InChI=1S/C24H16ClF3N2O3/c25-17-11-4-5-12-18(17)29-22(31)19-20(14-7-6-8-15(13-14)24(26,27)28)30(33-21(19)23(29)32)16-9-2-1-3-10-16/h1-13,19-21H/t19-,20+,21-/m1/s1. The predicted octanol–water partition coefficient (Wildman–Crippen LogP) is 5.41. The third-order valence-electron chi connectivity index (χ3n) is 5.77. The van der Waals surface area contributed by atoms with Gasteiger partial charge in [-0.1, -0.05) is 54.1 Å². The van der Waals surface area contributed by atoms with E-state index in [1.54, 1.807) is 48.5 Å². The van der Waals surface area contributed by atoms with E-state index in [4.69, 9.17) is 16.4 Å². The molecule has 2 amide bonds. The monoisotopic (exact) mass is 472 g/mol. The van der Waals surface area contributed by atoms with Gasteiger partial charge in [-0.3, -0.25) is 14.4 Å². The molecule has 0 aliphatic carbocycles. The van der Waals surface area contributed by atoms with Gasteiger partial charge in [0.25, 0.3) is 5.91 Å². The number of carbonyl (C=O) groups excluding carboxylic acids is 2. The average Bonchev–Trinajstić information content (AvgIpc) is 3.31. The largest absolute Gasteiger partial charge is 0.416 e. The molecule has 0 saturated carbocycles. The number of carbonyl (C=O) groups is 2. The van der Waals surface area contributed by atoms with Gasteiger partial charge in [-0.05, 0) is 42.0 Å². The third kappa shape index (κ3) is 3.55. The maximum Gasteiger partial charge on any atom is 0.416 e. The number of hydrogen-bond donors (Lipinski definition) is 0. The molecule has 0 aromatic heterocycles. The van der Waals surface area contributed by atoms with Crippen LogP contribution in [0.5, 0.6) is 0 Å². The molecule has 168 valence electrons. The van der Waals surface area contributed by atoms with E-state index in [0.717, 1.165) is 17.0 Å². The number of nitrogens with zero attached hydrogens (tertiary/aromatic N) is 2. The smallest absolute Gasteiger partial charge is 0.273 e. The highest BCUT2D eigenvalue weighted by atomic mass is 35.5. The molecular weight excluding hydrogens is 457 g/mol. The van der Waals surface area contributed by atoms with E-state index in [9.17, 15) is 22.8 Å². The molecule has 33 heavy (non-hydrogen) atoms. The van der Waals surface area contributed by atoms with Crippen LogP contribution in [0, 0.1) is 5.92 Å². The van der Waals surface area contributed by atoms with Gasteiger partial charge in [0.2, 0.25) is 5.91 Å². The minimum absolute atomic E-state index is 0.203. The van der Waals surface area contributed by atoms with Crippen LogP contribution in [0.4, 0.5) is 24.5 Å². The second-order valence-electron chi connectivity index (χ2n) is 7.74. The van der Waals surface area contributed by atoms with Gasteiger partial charge in [-0.2, -0.15) is 13.2 Å². The highest BCUT2D eigenvalue weighted by molar-refractivity contribution is 6.36. The molecule has 0 N–H and O–H groups in total. The Bertz CT molecular complexity index is 1230. The summed E-state index contributed by atoms with van der Waals surface area (Å²) in [6.45, 7) is 0. The van der Waals surface area contributed by atoms with Crippen LogP contribution < -0.4 is 9.96 Å². The quantitative estimate of drug-likeness (QED) is 0.478. The third-order valence-corrected chi connectivity index (χ3v) is 6.09. The minimum atomic E-state index is -4.56. The van der Waals surface area contributed by atoms with Crippen LogP contribution in [0.15, 0.2) is 78.9 Å². The van der Waals surface area contributed by atoms with Gasteiger partial charge in [0.1, 0.15) is 5.92 Å². The number of halogens is 4. The van der Waals surface area contributed by atoms with Crippen LogP contribution in [0.3, 0.4) is 0 Å². The molecule has 3 aromatic carbocycles. The Morgan fingerprint density at radius 2 is 1.55 bits per heavy atom. The van der Waals surface area contributed by atoms with Crippen molar-refractivity contribution >= 4 is 34.8 Å². The van der Waals surface area contributed by atoms with Crippen LogP contribution in [0.25, 0.3) is 0 Å². The first-order chi connectivity index (χ1) is 15.8. The second-order valence-corrected chi connectivity index (χ2v) is 8.15. The summed E-state index contributed by atoms with van der Waals surface area (Å²) in [5.41, 5.74) is 0.0833. The van der Waals surface area contributed by atoms with Crippen LogP contribution in [-0.4, -0.2) is 17.9 Å². The molecule has 2 aliphatic rings. The molecule has 5 rings (SSSR count). The summed E-state index contributed by atoms with van der Waals surface area (Å²) in [5.74, 6) is -2.26. The summed E-state index contributed by atoms with van der Waals surface area (Å²) >= 11 is 6.22. The summed E-state index contributed by atoms with van der Waals surface area (Å²) in [6, 6.07) is 18.8.